The number of hydrogen-bond acceptors (Lipinski definition) is 3. The third-order valence-corrected chi connectivity index (χ3v) is 3.44. The van der Waals surface area contributed by atoms with Gasteiger partial charge < -0.3 is 15.1 Å². The molecule has 0 bridgehead atoms. The molecule has 0 radical (unpaired) electrons. The van der Waals surface area contributed by atoms with E-state index in [0.29, 0.717) is 16.9 Å². The number of furan rings is 1. The average molecular weight is 320 g/mol. The van der Waals surface area contributed by atoms with Crippen molar-refractivity contribution >= 4 is 23.2 Å². The molecule has 120 valence electrons. The van der Waals surface area contributed by atoms with Crippen LogP contribution in [-0.2, 0) is 0 Å². The summed E-state index contributed by atoms with van der Waals surface area (Å²) < 4.78 is 5.06. The first-order chi connectivity index (χ1) is 11.6. The average Bonchev–Trinajstić information content (AvgIpc) is 3.10. The molecule has 0 fully saturated rings. The summed E-state index contributed by atoms with van der Waals surface area (Å²) in [4.78, 5) is 24.6. The molecule has 5 nitrogen and oxygen atoms in total. The van der Waals surface area contributed by atoms with Crippen molar-refractivity contribution in [2.75, 3.05) is 10.6 Å². The largest absolute Gasteiger partial charge is 0.459 e. The van der Waals surface area contributed by atoms with Crippen molar-refractivity contribution in [3.05, 3.63) is 83.8 Å². The van der Waals surface area contributed by atoms with Gasteiger partial charge in [-0.05, 0) is 48.9 Å². The van der Waals surface area contributed by atoms with Crippen LogP contribution in [0.15, 0.2) is 71.3 Å². The molecule has 0 saturated carbocycles. The lowest BCUT2D eigenvalue weighted by Crippen LogP contribution is -2.18. The SMILES string of the molecule is Cc1cccc(NC(=O)c2ccccc2NC(=O)c2ccco2)c1. The van der Waals surface area contributed by atoms with Crippen LogP contribution in [0.1, 0.15) is 26.5 Å². The zero-order valence-electron chi connectivity index (χ0n) is 13.1. The highest BCUT2D eigenvalue weighted by atomic mass is 16.3. The third-order valence-electron chi connectivity index (χ3n) is 3.44. The van der Waals surface area contributed by atoms with Gasteiger partial charge in [-0.3, -0.25) is 9.59 Å². The fraction of sp³-hybridized carbons (Fsp3) is 0.0526. The normalized spacial score (nSPS) is 10.2. The zero-order valence-corrected chi connectivity index (χ0v) is 13.1. The number of amides is 2. The number of hydrogen-bond donors (Lipinski definition) is 2. The number of carbonyl (C=O) groups excluding carboxylic acids is 2. The molecule has 0 aliphatic rings. The maximum atomic E-state index is 12.5. The molecular formula is C19H16N2O3. The van der Waals surface area contributed by atoms with Crippen LogP contribution in [0, 0.1) is 6.92 Å². The van der Waals surface area contributed by atoms with Crippen LogP contribution < -0.4 is 10.6 Å². The lowest BCUT2D eigenvalue weighted by atomic mass is 10.1. The molecule has 0 aliphatic heterocycles. The minimum Gasteiger partial charge on any atom is -0.459 e. The molecule has 2 N–H and O–H groups in total. The number of nitrogens with one attached hydrogen (secondary N) is 2. The maximum Gasteiger partial charge on any atom is 0.291 e. The predicted octanol–water partition coefficient (Wildman–Crippen LogP) is 4.09. The van der Waals surface area contributed by atoms with Gasteiger partial charge in [-0.15, -0.1) is 0 Å². The molecular weight excluding hydrogens is 304 g/mol. The first kappa shape index (κ1) is 15.6. The van der Waals surface area contributed by atoms with Gasteiger partial charge >= 0.3 is 0 Å². The first-order valence-corrected chi connectivity index (χ1v) is 7.45. The first-order valence-electron chi connectivity index (χ1n) is 7.45. The van der Waals surface area contributed by atoms with Gasteiger partial charge in [-0.25, -0.2) is 0 Å². The summed E-state index contributed by atoms with van der Waals surface area (Å²) in [5.74, 6) is -0.518. The van der Waals surface area contributed by atoms with Crippen molar-refractivity contribution in [3.8, 4) is 0 Å². The van der Waals surface area contributed by atoms with Crippen molar-refractivity contribution in [2.24, 2.45) is 0 Å². The lowest BCUT2D eigenvalue weighted by molar-refractivity contribution is 0.0996. The van der Waals surface area contributed by atoms with Crippen molar-refractivity contribution in [2.45, 2.75) is 6.92 Å². The van der Waals surface area contributed by atoms with Crippen LogP contribution in [0.3, 0.4) is 0 Å². The molecule has 1 heterocycles. The Bertz CT molecular complexity index is 870. The Morgan fingerprint density at radius 3 is 2.46 bits per heavy atom. The molecule has 2 aromatic carbocycles. The van der Waals surface area contributed by atoms with Crippen molar-refractivity contribution < 1.29 is 14.0 Å². The van der Waals surface area contributed by atoms with Gasteiger partial charge in [0.15, 0.2) is 5.76 Å². The van der Waals surface area contributed by atoms with Gasteiger partial charge in [0.25, 0.3) is 11.8 Å². The second-order valence-electron chi connectivity index (χ2n) is 5.30. The van der Waals surface area contributed by atoms with Crippen molar-refractivity contribution in [3.63, 3.8) is 0 Å². The molecule has 3 aromatic rings. The fourth-order valence-electron chi connectivity index (χ4n) is 2.30. The highest BCUT2D eigenvalue weighted by Crippen LogP contribution is 2.19. The van der Waals surface area contributed by atoms with Crippen LogP contribution in [-0.4, -0.2) is 11.8 Å². The summed E-state index contributed by atoms with van der Waals surface area (Å²) in [6.07, 6.45) is 1.42. The second kappa shape index (κ2) is 6.83. The summed E-state index contributed by atoms with van der Waals surface area (Å²) in [6.45, 7) is 1.95. The van der Waals surface area contributed by atoms with Crippen LogP contribution in [0.2, 0.25) is 0 Å². The topological polar surface area (TPSA) is 71.3 Å². The fourth-order valence-corrected chi connectivity index (χ4v) is 2.30. The summed E-state index contributed by atoms with van der Waals surface area (Å²) >= 11 is 0. The molecule has 5 heteroatoms. The van der Waals surface area contributed by atoms with Crippen molar-refractivity contribution in [1.29, 1.82) is 0 Å². The van der Waals surface area contributed by atoms with E-state index >= 15 is 0 Å². The smallest absolute Gasteiger partial charge is 0.291 e. The van der Waals surface area contributed by atoms with E-state index in [0.717, 1.165) is 5.56 Å². The monoisotopic (exact) mass is 320 g/mol. The minimum absolute atomic E-state index is 0.184. The Kier molecular flexibility index (Phi) is 4.43. The van der Waals surface area contributed by atoms with E-state index in [4.69, 9.17) is 4.42 Å². The van der Waals surface area contributed by atoms with E-state index in [1.807, 2.05) is 31.2 Å². The van der Waals surface area contributed by atoms with E-state index in [1.165, 1.54) is 6.26 Å². The molecule has 2 amide bonds. The Labute approximate surface area is 139 Å². The molecule has 0 atom stereocenters. The Morgan fingerprint density at radius 2 is 1.71 bits per heavy atom. The van der Waals surface area contributed by atoms with E-state index in [9.17, 15) is 9.59 Å². The van der Waals surface area contributed by atoms with E-state index in [-0.39, 0.29) is 11.7 Å². The zero-order chi connectivity index (χ0) is 16.9. The molecule has 0 unspecified atom stereocenters. The van der Waals surface area contributed by atoms with Crippen molar-refractivity contribution in [1.82, 2.24) is 0 Å². The number of para-hydroxylation sites is 1. The molecule has 0 spiro atoms. The number of carbonyl (C=O) groups is 2. The standard InChI is InChI=1S/C19H16N2O3/c1-13-6-4-7-14(12-13)20-18(22)15-8-2-3-9-16(15)21-19(23)17-10-5-11-24-17/h2-12H,1H3,(H,20,22)(H,21,23). The van der Waals surface area contributed by atoms with Gasteiger partial charge in [-0.2, -0.15) is 0 Å². The van der Waals surface area contributed by atoms with Gasteiger partial charge in [0.1, 0.15) is 0 Å². The molecule has 0 saturated heterocycles. The minimum atomic E-state index is -0.407. The lowest BCUT2D eigenvalue weighted by Gasteiger charge is -2.11. The van der Waals surface area contributed by atoms with Gasteiger partial charge in [0.2, 0.25) is 0 Å². The second-order valence-corrected chi connectivity index (χ2v) is 5.30. The van der Waals surface area contributed by atoms with Gasteiger partial charge in [0, 0.05) is 5.69 Å². The summed E-state index contributed by atoms with van der Waals surface area (Å²) in [7, 11) is 0. The Morgan fingerprint density at radius 1 is 0.875 bits per heavy atom. The molecule has 3 rings (SSSR count). The van der Waals surface area contributed by atoms with E-state index in [1.54, 1.807) is 36.4 Å². The van der Waals surface area contributed by atoms with E-state index < -0.39 is 5.91 Å². The molecule has 0 aliphatic carbocycles. The summed E-state index contributed by atoms with van der Waals surface area (Å²) in [6, 6.07) is 17.5. The highest BCUT2D eigenvalue weighted by Gasteiger charge is 2.15. The van der Waals surface area contributed by atoms with Crippen LogP contribution in [0.5, 0.6) is 0 Å². The Balaban J connectivity index is 1.80. The number of aryl methyl sites for hydroxylation is 1. The quantitative estimate of drug-likeness (QED) is 0.760. The third kappa shape index (κ3) is 3.52. The van der Waals surface area contributed by atoms with Crippen LogP contribution in [0.25, 0.3) is 0 Å². The van der Waals surface area contributed by atoms with Crippen LogP contribution in [0.4, 0.5) is 11.4 Å². The number of anilines is 2. The maximum absolute atomic E-state index is 12.5. The van der Waals surface area contributed by atoms with Crippen LogP contribution >= 0.6 is 0 Å². The van der Waals surface area contributed by atoms with E-state index in [2.05, 4.69) is 10.6 Å². The summed E-state index contributed by atoms with van der Waals surface area (Å²) in [5, 5.41) is 5.53. The Hall–Kier alpha value is -3.34. The highest BCUT2D eigenvalue weighted by molar-refractivity contribution is 6.11. The summed E-state index contributed by atoms with van der Waals surface area (Å²) in [5.41, 5.74) is 2.54. The van der Waals surface area contributed by atoms with Gasteiger partial charge in [-0.1, -0.05) is 24.3 Å². The molecule has 1 aromatic heterocycles. The number of rotatable bonds is 4. The molecule has 24 heavy (non-hydrogen) atoms. The van der Waals surface area contributed by atoms with Gasteiger partial charge in [0.05, 0.1) is 17.5 Å². The predicted molar refractivity (Wildman–Crippen MR) is 92.2 cm³/mol. The number of benzene rings is 2.